The van der Waals surface area contributed by atoms with Crippen molar-refractivity contribution in [2.45, 2.75) is 57.9 Å². The first-order chi connectivity index (χ1) is 8.76. The number of hydrogen-bond acceptors (Lipinski definition) is 3. The minimum Gasteiger partial charge on any atom is -0.353 e. The van der Waals surface area contributed by atoms with E-state index in [-0.39, 0.29) is 5.91 Å². The minimum absolute atomic E-state index is 0.237. The molecule has 0 aromatic rings. The average Bonchev–Trinajstić information content (AvgIpc) is 2.38. The average molecular weight is 272 g/mol. The van der Waals surface area contributed by atoms with Crippen LogP contribution in [0.1, 0.15) is 51.9 Å². The number of carbonyl (C=O) groups excluding carboxylic acids is 1. The van der Waals surface area contributed by atoms with E-state index < -0.39 is 0 Å². The number of carbonyl (C=O) groups is 1. The third-order valence-electron chi connectivity index (χ3n) is 3.58. The molecular weight excluding hydrogens is 244 g/mol. The molecule has 1 fully saturated rings. The normalized spacial score (nSPS) is 21.6. The number of nitrogens with one attached hydrogen (secondary N) is 1. The Balaban J connectivity index is 2.17. The highest BCUT2D eigenvalue weighted by Gasteiger charge is 2.16. The second-order valence-electron chi connectivity index (χ2n) is 5.25. The maximum absolute atomic E-state index is 11.9. The zero-order chi connectivity index (χ0) is 13.2. The summed E-state index contributed by atoms with van der Waals surface area (Å²) in [5.41, 5.74) is 5.61. The Hall–Kier alpha value is -0.220. The van der Waals surface area contributed by atoms with Gasteiger partial charge in [0.1, 0.15) is 0 Å². The molecule has 3 nitrogen and oxygen atoms in total. The SMILES string of the molecule is CCCC(CCN)CCC(=O)NC1CCCSC1. The van der Waals surface area contributed by atoms with Crippen molar-refractivity contribution in [1.82, 2.24) is 5.32 Å². The van der Waals surface area contributed by atoms with Crippen molar-refractivity contribution in [3.05, 3.63) is 0 Å². The van der Waals surface area contributed by atoms with Crippen LogP contribution in [0.15, 0.2) is 0 Å². The summed E-state index contributed by atoms with van der Waals surface area (Å²) in [6.07, 6.45) is 7.50. The molecule has 0 bridgehead atoms. The maximum Gasteiger partial charge on any atom is 0.220 e. The Labute approximate surface area is 116 Å². The van der Waals surface area contributed by atoms with Crippen molar-refractivity contribution >= 4 is 17.7 Å². The molecule has 1 amide bonds. The standard InChI is InChI=1S/C14H28N2OS/c1-2-4-12(8-9-15)6-7-14(17)16-13-5-3-10-18-11-13/h12-13H,2-11,15H2,1H3,(H,16,17). The van der Waals surface area contributed by atoms with Crippen LogP contribution in [0.25, 0.3) is 0 Å². The summed E-state index contributed by atoms with van der Waals surface area (Å²) in [4.78, 5) is 11.9. The van der Waals surface area contributed by atoms with E-state index in [1.165, 1.54) is 25.0 Å². The number of thioether (sulfide) groups is 1. The molecule has 2 atom stereocenters. The van der Waals surface area contributed by atoms with E-state index in [0.29, 0.717) is 18.4 Å². The van der Waals surface area contributed by atoms with Gasteiger partial charge in [0.15, 0.2) is 0 Å². The summed E-state index contributed by atoms with van der Waals surface area (Å²) in [6.45, 7) is 2.94. The van der Waals surface area contributed by atoms with Gasteiger partial charge >= 0.3 is 0 Å². The Bertz CT molecular complexity index is 224. The molecule has 0 saturated carbocycles. The smallest absolute Gasteiger partial charge is 0.220 e. The van der Waals surface area contributed by atoms with Gasteiger partial charge in [-0.2, -0.15) is 11.8 Å². The fraction of sp³-hybridized carbons (Fsp3) is 0.929. The van der Waals surface area contributed by atoms with Gasteiger partial charge in [-0.05, 0) is 43.9 Å². The molecule has 2 unspecified atom stereocenters. The van der Waals surface area contributed by atoms with Crippen molar-refractivity contribution in [2.75, 3.05) is 18.1 Å². The first-order valence-corrected chi connectivity index (χ1v) is 8.49. The summed E-state index contributed by atoms with van der Waals surface area (Å²) >= 11 is 1.95. The molecule has 18 heavy (non-hydrogen) atoms. The predicted molar refractivity (Wildman–Crippen MR) is 79.8 cm³/mol. The Morgan fingerprint density at radius 2 is 2.28 bits per heavy atom. The van der Waals surface area contributed by atoms with Gasteiger partial charge in [-0.3, -0.25) is 4.79 Å². The van der Waals surface area contributed by atoms with Crippen molar-refractivity contribution in [1.29, 1.82) is 0 Å². The Morgan fingerprint density at radius 3 is 2.89 bits per heavy atom. The van der Waals surface area contributed by atoms with Crippen LogP contribution in [0.5, 0.6) is 0 Å². The van der Waals surface area contributed by atoms with Gasteiger partial charge in [-0.15, -0.1) is 0 Å². The molecule has 1 aliphatic heterocycles. The molecule has 0 aromatic carbocycles. The highest BCUT2D eigenvalue weighted by Crippen LogP contribution is 2.19. The molecule has 1 rings (SSSR count). The van der Waals surface area contributed by atoms with Gasteiger partial charge < -0.3 is 11.1 Å². The van der Waals surface area contributed by atoms with Crippen molar-refractivity contribution in [3.63, 3.8) is 0 Å². The number of rotatable bonds is 8. The second kappa shape index (κ2) is 9.68. The Morgan fingerprint density at radius 1 is 1.44 bits per heavy atom. The molecule has 0 spiro atoms. The third kappa shape index (κ3) is 6.64. The van der Waals surface area contributed by atoms with Crippen LogP contribution < -0.4 is 11.1 Å². The van der Waals surface area contributed by atoms with Gasteiger partial charge in [0.05, 0.1) is 0 Å². The lowest BCUT2D eigenvalue weighted by Gasteiger charge is -2.23. The van der Waals surface area contributed by atoms with Gasteiger partial charge in [-0.1, -0.05) is 19.8 Å². The van der Waals surface area contributed by atoms with Crippen LogP contribution in [-0.4, -0.2) is 30.0 Å². The summed E-state index contributed by atoms with van der Waals surface area (Å²) < 4.78 is 0. The fourth-order valence-corrected chi connectivity index (χ4v) is 3.64. The minimum atomic E-state index is 0.237. The van der Waals surface area contributed by atoms with Crippen LogP contribution in [0.4, 0.5) is 0 Å². The first-order valence-electron chi connectivity index (χ1n) is 7.33. The van der Waals surface area contributed by atoms with Crippen LogP contribution in [0.2, 0.25) is 0 Å². The topological polar surface area (TPSA) is 55.1 Å². The summed E-state index contributed by atoms with van der Waals surface area (Å²) in [6, 6.07) is 0.412. The van der Waals surface area contributed by atoms with Crippen LogP contribution in [-0.2, 0) is 4.79 Å². The van der Waals surface area contributed by atoms with Crippen LogP contribution in [0.3, 0.4) is 0 Å². The van der Waals surface area contributed by atoms with Crippen molar-refractivity contribution in [3.8, 4) is 0 Å². The molecule has 4 heteroatoms. The highest BCUT2D eigenvalue weighted by molar-refractivity contribution is 7.99. The maximum atomic E-state index is 11.9. The molecule has 1 aliphatic rings. The van der Waals surface area contributed by atoms with Crippen molar-refractivity contribution < 1.29 is 4.79 Å². The van der Waals surface area contributed by atoms with Gasteiger partial charge in [0.25, 0.3) is 0 Å². The fourth-order valence-electron chi connectivity index (χ4n) is 2.57. The zero-order valence-electron chi connectivity index (χ0n) is 11.6. The van der Waals surface area contributed by atoms with Gasteiger partial charge in [0.2, 0.25) is 5.91 Å². The molecule has 106 valence electrons. The molecule has 3 N–H and O–H groups in total. The second-order valence-corrected chi connectivity index (χ2v) is 6.40. The first kappa shape index (κ1) is 15.8. The third-order valence-corrected chi connectivity index (χ3v) is 4.79. The van der Waals surface area contributed by atoms with Crippen LogP contribution in [0, 0.1) is 5.92 Å². The predicted octanol–water partition coefficient (Wildman–Crippen LogP) is 2.54. The largest absolute Gasteiger partial charge is 0.353 e. The molecule has 0 aliphatic carbocycles. The van der Waals surface area contributed by atoms with Crippen molar-refractivity contribution in [2.24, 2.45) is 11.7 Å². The summed E-state index contributed by atoms with van der Waals surface area (Å²) in [7, 11) is 0. The highest BCUT2D eigenvalue weighted by atomic mass is 32.2. The lowest BCUT2D eigenvalue weighted by atomic mass is 9.94. The summed E-state index contributed by atoms with van der Waals surface area (Å²) in [5.74, 6) is 3.21. The quantitative estimate of drug-likeness (QED) is 0.714. The number of nitrogens with two attached hydrogens (primary N) is 1. The number of hydrogen-bond donors (Lipinski definition) is 2. The monoisotopic (exact) mass is 272 g/mol. The van der Waals surface area contributed by atoms with E-state index in [2.05, 4.69) is 12.2 Å². The van der Waals surface area contributed by atoms with E-state index in [4.69, 9.17) is 5.73 Å². The zero-order valence-corrected chi connectivity index (χ0v) is 12.4. The lowest BCUT2D eigenvalue weighted by Crippen LogP contribution is -2.38. The van der Waals surface area contributed by atoms with E-state index in [1.54, 1.807) is 0 Å². The van der Waals surface area contributed by atoms with Gasteiger partial charge in [-0.25, -0.2) is 0 Å². The van der Waals surface area contributed by atoms with E-state index in [1.807, 2.05) is 11.8 Å². The lowest BCUT2D eigenvalue weighted by molar-refractivity contribution is -0.122. The van der Waals surface area contributed by atoms with Gasteiger partial charge in [0, 0.05) is 18.2 Å². The Kier molecular flexibility index (Phi) is 8.51. The molecule has 0 aromatic heterocycles. The molecule has 0 radical (unpaired) electrons. The summed E-state index contributed by atoms with van der Waals surface area (Å²) in [5, 5.41) is 3.17. The molecular formula is C14H28N2OS. The number of amides is 1. The van der Waals surface area contributed by atoms with E-state index in [0.717, 1.165) is 31.6 Å². The molecule has 1 heterocycles. The molecule has 1 saturated heterocycles. The van der Waals surface area contributed by atoms with Crippen LogP contribution >= 0.6 is 11.8 Å². The van der Waals surface area contributed by atoms with E-state index in [9.17, 15) is 4.79 Å². The van der Waals surface area contributed by atoms with E-state index >= 15 is 0 Å².